The first-order chi connectivity index (χ1) is 14.1. The highest BCUT2D eigenvalue weighted by Gasteiger charge is 2.25. The summed E-state index contributed by atoms with van der Waals surface area (Å²) < 4.78 is 0. The lowest BCUT2D eigenvalue weighted by atomic mass is 9.96. The van der Waals surface area contributed by atoms with E-state index in [4.69, 9.17) is 0 Å². The molecule has 0 saturated carbocycles. The number of carbonyl (C=O) groups is 1. The van der Waals surface area contributed by atoms with Crippen molar-refractivity contribution >= 4 is 11.6 Å². The monoisotopic (exact) mass is 391 g/mol. The van der Waals surface area contributed by atoms with Crippen molar-refractivity contribution in [2.45, 2.75) is 45.1 Å². The van der Waals surface area contributed by atoms with Gasteiger partial charge in [0.05, 0.1) is 12.5 Å². The molecule has 1 amide bonds. The lowest BCUT2D eigenvalue weighted by Crippen LogP contribution is -2.37. The Kier molecular flexibility index (Phi) is 6.19. The summed E-state index contributed by atoms with van der Waals surface area (Å²) in [5, 5.41) is 3.22. The maximum absolute atomic E-state index is 12.6. The van der Waals surface area contributed by atoms with E-state index >= 15 is 0 Å². The van der Waals surface area contributed by atoms with Gasteiger partial charge in [0.25, 0.3) is 0 Å². The van der Waals surface area contributed by atoms with Gasteiger partial charge in [0.1, 0.15) is 0 Å². The molecule has 0 aliphatic carbocycles. The third-order valence-electron chi connectivity index (χ3n) is 6.36. The Balaban J connectivity index is 1.47. The molecule has 0 bridgehead atoms. The molecule has 1 N–H and O–H groups in total. The van der Waals surface area contributed by atoms with Crippen LogP contribution in [0.25, 0.3) is 0 Å². The smallest absolute Gasteiger partial charge is 0.224 e. The van der Waals surface area contributed by atoms with E-state index in [2.05, 4.69) is 59.4 Å². The van der Waals surface area contributed by atoms with Gasteiger partial charge < -0.3 is 10.2 Å². The molecule has 2 aliphatic rings. The molecule has 1 saturated heterocycles. The summed E-state index contributed by atoms with van der Waals surface area (Å²) in [5.41, 5.74) is 6.44. The molecule has 0 radical (unpaired) electrons. The predicted molar refractivity (Wildman–Crippen MR) is 119 cm³/mol. The normalized spacial score (nSPS) is 17.8. The Bertz CT molecular complexity index is 857. The van der Waals surface area contributed by atoms with E-state index in [-0.39, 0.29) is 11.9 Å². The van der Waals surface area contributed by atoms with E-state index in [1.807, 2.05) is 12.1 Å². The molecule has 2 heterocycles. The number of amides is 1. The third-order valence-corrected chi connectivity index (χ3v) is 6.36. The van der Waals surface area contributed by atoms with E-state index in [0.29, 0.717) is 13.0 Å². The van der Waals surface area contributed by atoms with Crippen LogP contribution in [0.3, 0.4) is 0 Å². The van der Waals surface area contributed by atoms with Crippen LogP contribution in [0.15, 0.2) is 42.5 Å². The Morgan fingerprint density at radius 1 is 1.07 bits per heavy atom. The standard InChI is InChI=1S/C25H33N3O/c1-19-7-5-8-20(15-19)16-25(29)26-18-24(28-13-3-4-14-28)22-10-11-23-21(17-22)9-6-12-27(23)2/h5,7-8,10-11,15,17,24H,3-4,6,9,12-14,16,18H2,1-2H3,(H,26,29)/t24-/m0/s1. The number of carbonyl (C=O) groups excluding carboxylic acids is 1. The van der Waals surface area contributed by atoms with Gasteiger partial charge in [-0.05, 0) is 68.5 Å². The number of hydrogen-bond donors (Lipinski definition) is 1. The highest BCUT2D eigenvalue weighted by molar-refractivity contribution is 5.78. The molecule has 4 nitrogen and oxygen atoms in total. The van der Waals surface area contributed by atoms with Gasteiger partial charge >= 0.3 is 0 Å². The number of anilines is 1. The zero-order chi connectivity index (χ0) is 20.2. The zero-order valence-electron chi connectivity index (χ0n) is 17.8. The van der Waals surface area contributed by atoms with Crippen molar-refractivity contribution in [3.05, 3.63) is 64.7 Å². The van der Waals surface area contributed by atoms with Gasteiger partial charge in [0, 0.05) is 25.8 Å². The summed E-state index contributed by atoms with van der Waals surface area (Å²) in [6.07, 6.45) is 5.32. The fourth-order valence-electron chi connectivity index (χ4n) is 4.80. The molecule has 1 fully saturated rings. The Hall–Kier alpha value is -2.33. The van der Waals surface area contributed by atoms with Crippen LogP contribution in [0.1, 0.15) is 47.6 Å². The maximum Gasteiger partial charge on any atom is 0.224 e. The minimum Gasteiger partial charge on any atom is -0.374 e. The van der Waals surface area contributed by atoms with Crippen LogP contribution in [0.5, 0.6) is 0 Å². The summed E-state index contributed by atoms with van der Waals surface area (Å²) >= 11 is 0. The SMILES string of the molecule is Cc1cccc(CC(=O)NC[C@@H](c2ccc3c(c2)CCCN3C)N2CCCC2)c1. The van der Waals surface area contributed by atoms with Crippen molar-refractivity contribution in [2.24, 2.45) is 0 Å². The van der Waals surface area contributed by atoms with Gasteiger partial charge in [-0.2, -0.15) is 0 Å². The van der Waals surface area contributed by atoms with E-state index in [0.717, 1.165) is 31.6 Å². The quantitative estimate of drug-likeness (QED) is 0.812. The van der Waals surface area contributed by atoms with Crippen LogP contribution < -0.4 is 10.2 Å². The van der Waals surface area contributed by atoms with E-state index in [9.17, 15) is 4.79 Å². The Morgan fingerprint density at radius 3 is 2.69 bits per heavy atom. The van der Waals surface area contributed by atoms with Crippen LogP contribution in [0.2, 0.25) is 0 Å². The van der Waals surface area contributed by atoms with Crippen LogP contribution in [0, 0.1) is 6.92 Å². The lowest BCUT2D eigenvalue weighted by molar-refractivity contribution is -0.120. The van der Waals surface area contributed by atoms with Gasteiger partial charge in [0.15, 0.2) is 0 Å². The summed E-state index contributed by atoms with van der Waals surface area (Å²) in [4.78, 5) is 17.5. The molecule has 0 aromatic heterocycles. The topological polar surface area (TPSA) is 35.6 Å². The van der Waals surface area contributed by atoms with Gasteiger partial charge in [0.2, 0.25) is 5.91 Å². The summed E-state index contributed by atoms with van der Waals surface area (Å²) in [6.45, 7) is 6.12. The van der Waals surface area contributed by atoms with Crippen molar-refractivity contribution in [1.29, 1.82) is 0 Å². The van der Waals surface area contributed by atoms with Gasteiger partial charge in [-0.1, -0.05) is 42.0 Å². The number of aryl methyl sites for hydroxylation is 2. The number of nitrogens with one attached hydrogen (secondary N) is 1. The van der Waals surface area contributed by atoms with Crippen molar-refractivity contribution in [3.63, 3.8) is 0 Å². The largest absolute Gasteiger partial charge is 0.374 e. The molecule has 0 spiro atoms. The lowest BCUT2D eigenvalue weighted by Gasteiger charge is -2.32. The second-order valence-electron chi connectivity index (χ2n) is 8.64. The molecule has 2 aromatic carbocycles. The van der Waals surface area contributed by atoms with Crippen LogP contribution in [0.4, 0.5) is 5.69 Å². The Labute approximate surface area is 174 Å². The number of likely N-dealkylation sites (tertiary alicyclic amines) is 1. The fraction of sp³-hybridized carbons (Fsp3) is 0.480. The molecule has 4 rings (SSSR count). The average Bonchev–Trinajstić information content (AvgIpc) is 3.23. The first-order valence-corrected chi connectivity index (χ1v) is 11.0. The number of rotatable bonds is 6. The number of fused-ring (bicyclic) bond motifs is 1. The first kappa shape index (κ1) is 20.0. The van der Waals surface area contributed by atoms with Crippen molar-refractivity contribution in [1.82, 2.24) is 10.2 Å². The zero-order valence-corrected chi connectivity index (χ0v) is 17.8. The van der Waals surface area contributed by atoms with Crippen molar-refractivity contribution < 1.29 is 4.79 Å². The molecule has 1 atom stereocenters. The summed E-state index contributed by atoms with van der Waals surface area (Å²) in [6, 6.07) is 15.4. The number of nitrogens with zero attached hydrogens (tertiary/aromatic N) is 2. The summed E-state index contributed by atoms with van der Waals surface area (Å²) in [5.74, 6) is 0.109. The molecule has 0 unspecified atom stereocenters. The second kappa shape index (κ2) is 9.00. The van der Waals surface area contributed by atoms with Crippen LogP contribution in [-0.2, 0) is 17.6 Å². The van der Waals surface area contributed by atoms with Crippen molar-refractivity contribution in [3.8, 4) is 0 Å². The van der Waals surface area contributed by atoms with E-state index in [1.165, 1.54) is 41.6 Å². The molecule has 2 aliphatic heterocycles. The summed E-state index contributed by atoms with van der Waals surface area (Å²) in [7, 11) is 2.18. The van der Waals surface area contributed by atoms with E-state index in [1.54, 1.807) is 0 Å². The second-order valence-corrected chi connectivity index (χ2v) is 8.64. The van der Waals surface area contributed by atoms with Crippen molar-refractivity contribution in [2.75, 3.05) is 38.1 Å². The van der Waals surface area contributed by atoms with E-state index < -0.39 is 0 Å². The third kappa shape index (κ3) is 4.81. The molecular formula is C25H33N3O. The molecular weight excluding hydrogens is 358 g/mol. The number of benzene rings is 2. The molecule has 154 valence electrons. The van der Waals surface area contributed by atoms with Gasteiger partial charge in [-0.3, -0.25) is 9.69 Å². The Morgan fingerprint density at radius 2 is 1.90 bits per heavy atom. The van der Waals surface area contributed by atoms with Crippen LogP contribution >= 0.6 is 0 Å². The molecule has 4 heteroatoms. The minimum atomic E-state index is 0.109. The highest BCUT2D eigenvalue weighted by Crippen LogP contribution is 2.31. The van der Waals surface area contributed by atoms with Gasteiger partial charge in [-0.25, -0.2) is 0 Å². The maximum atomic E-state index is 12.6. The number of hydrogen-bond acceptors (Lipinski definition) is 3. The highest BCUT2D eigenvalue weighted by atomic mass is 16.1. The van der Waals surface area contributed by atoms with Gasteiger partial charge in [-0.15, -0.1) is 0 Å². The molecule has 2 aromatic rings. The fourth-order valence-corrected chi connectivity index (χ4v) is 4.80. The molecule has 29 heavy (non-hydrogen) atoms. The average molecular weight is 392 g/mol. The van der Waals surface area contributed by atoms with Crippen LogP contribution in [-0.4, -0.2) is 44.0 Å². The minimum absolute atomic E-state index is 0.109. The first-order valence-electron chi connectivity index (χ1n) is 11.0. The predicted octanol–water partition coefficient (Wildman–Crippen LogP) is 3.87.